The van der Waals surface area contributed by atoms with E-state index in [0.29, 0.717) is 6.61 Å². The zero-order valence-corrected chi connectivity index (χ0v) is 9.43. The number of carbonyl (C=O) groups excluding carboxylic acids is 1. The summed E-state index contributed by atoms with van der Waals surface area (Å²) in [6.45, 7) is 3.28. The Kier molecular flexibility index (Phi) is 6.38. The minimum absolute atomic E-state index is 0.0926. The summed E-state index contributed by atoms with van der Waals surface area (Å²) in [5, 5.41) is 0. The zero-order chi connectivity index (χ0) is 9.56. The summed E-state index contributed by atoms with van der Waals surface area (Å²) in [5.74, 6) is 0.117. The molecule has 0 aromatic heterocycles. The van der Waals surface area contributed by atoms with Crippen molar-refractivity contribution in [3.05, 3.63) is 0 Å². The maximum atomic E-state index is 11.3. The molecule has 4 heteroatoms. The van der Waals surface area contributed by atoms with Crippen molar-refractivity contribution < 1.29 is 9.53 Å². The lowest BCUT2D eigenvalue weighted by atomic mass is 10.3. The summed E-state index contributed by atoms with van der Waals surface area (Å²) in [6, 6.07) is 0. The van der Waals surface area contributed by atoms with Gasteiger partial charge >= 0.3 is 0 Å². The van der Waals surface area contributed by atoms with Gasteiger partial charge in [0.1, 0.15) is 0 Å². The Hall–Kier alpha value is -0.0900. The van der Waals surface area contributed by atoms with E-state index < -0.39 is 0 Å². The topological polar surface area (TPSA) is 29.5 Å². The van der Waals surface area contributed by atoms with Gasteiger partial charge in [-0.25, -0.2) is 0 Å². The summed E-state index contributed by atoms with van der Waals surface area (Å²) < 4.78 is 4.88. The monoisotopic (exact) mass is 237 g/mol. The van der Waals surface area contributed by atoms with Gasteiger partial charge in [-0.1, -0.05) is 15.9 Å². The summed E-state index contributed by atoms with van der Waals surface area (Å²) >= 11 is 3.23. The molecule has 0 bridgehead atoms. The molecule has 0 saturated carbocycles. The molecule has 0 saturated heterocycles. The van der Waals surface area contributed by atoms with Crippen LogP contribution in [0.1, 0.15) is 13.3 Å². The van der Waals surface area contributed by atoms with Gasteiger partial charge in [-0.15, -0.1) is 0 Å². The lowest BCUT2D eigenvalue weighted by molar-refractivity contribution is -0.129. The summed E-state index contributed by atoms with van der Waals surface area (Å²) in [5.41, 5.74) is 0. The lowest BCUT2D eigenvalue weighted by Gasteiger charge is -2.17. The number of methoxy groups -OCH3 is 1. The average molecular weight is 238 g/mol. The number of amides is 1. The van der Waals surface area contributed by atoms with Crippen LogP contribution in [-0.4, -0.2) is 42.9 Å². The molecule has 0 aliphatic heterocycles. The molecule has 0 fully saturated rings. The fourth-order valence-corrected chi connectivity index (χ4v) is 1.21. The molecule has 1 atom stereocenters. The second kappa shape index (κ2) is 6.43. The molecule has 0 aliphatic rings. The van der Waals surface area contributed by atoms with E-state index in [-0.39, 0.29) is 10.7 Å². The van der Waals surface area contributed by atoms with Gasteiger partial charge in [0.2, 0.25) is 5.91 Å². The van der Waals surface area contributed by atoms with E-state index >= 15 is 0 Å². The Balaban J connectivity index is 3.57. The van der Waals surface area contributed by atoms with Crippen molar-refractivity contribution in [2.45, 2.75) is 18.2 Å². The van der Waals surface area contributed by atoms with Crippen LogP contribution in [0.4, 0.5) is 0 Å². The summed E-state index contributed by atoms with van der Waals surface area (Å²) in [6.07, 6.45) is 0.887. The molecule has 0 spiro atoms. The van der Waals surface area contributed by atoms with Crippen molar-refractivity contribution in [2.24, 2.45) is 0 Å². The number of ether oxygens (including phenoxy) is 1. The minimum Gasteiger partial charge on any atom is -0.385 e. The Morgan fingerprint density at radius 2 is 2.25 bits per heavy atom. The molecule has 0 heterocycles. The van der Waals surface area contributed by atoms with E-state index in [1.807, 2.05) is 6.92 Å². The number of nitrogens with zero attached hydrogens (tertiary/aromatic N) is 1. The number of carbonyl (C=O) groups is 1. The van der Waals surface area contributed by atoms with Gasteiger partial charge < -0.3 is 9.64 Å². The molecule has 1 unspecified atom stereocenters. The second-order valence-corrected chi connectivity index (χ2v) is 4.10. The predicted molar refractivity (Wildman–Crippen MR) is 52.5 cm³/mol. The molecule has 0 aromatic carbocycles. The zero-order valence-electron chi connectivity index (χ0n) is 7.84. The predicted octanol–water partition coefficient (Wildman–Crippen LogP) is 1.26. The molecule has 3 nitrogen and oxygen atoms in total. The smallest absolute Gasteiger partial charge is 0.235 e. The van der Waals surface area contributed by atoms with E-state index in [1.165, 1.54) is 0 Å². The fourth-order valence-electron chi connectivity index (χ4n) is 0.860. The van der Waals surface area contributed by atoms with Crippen LogP contribution in [0.2, 0.25) is 0 Å². The van der Waals surface area contributed by atoms with Gasteiger partial charge in [0.25, 0.3) is 0 Å². The SMILES string of the molecule is COCCCN(C)C(=O)C(C)Br. The Morgan fingerprint density at radius 3 is 2.67 bits per heavy atom. The van der Waals surface area contributed by atoms with Crippen LogP contribution in [0, 0.1) is 0 Å². The van der Waals surface area contributed by atoms with Crippen molar-refractivity contribution in [3.63, 3.8) is 0 Å². The summed E-state index contributed by atoms with van der Waals surface area (Å²) in [4.78, 5) is 12.9. The van der Waals surface area contributed by atoms with Crippen molar-refractivity contribution in [3.8, 4) is 0 Å². The molecule has 0 N–H and O–H groups in total. The lowest BCUT2D eigenvalue weighted by Crippen LogP contribution is -2.33. The fraction of sp³-hybridized carbons (Fsp3) is 0.875. The van der Waals surface area contributed by atoms with Gasteiger partial charge in [-0.05, 0) is 13.3 Å². The van der Waals surface area contributed by atoms with E-state index in [2.05, 4.69) is 15.9 Å². The maximum Gasteiger partial charge on any atom is 0.235 e. The molecule has 1 amide bonds. The van der Waals surface area contributed by atoms with Gasteiger partial charge in [-0.3, -0.25) is 4.79 Å². The van der Waals surface area contributed by atoms with Crippen LogP contribution in [0.5, 0.6) is 0 Å². The number of hydrogen-bond acceptors (Lipinski definition) is 2. The van der Waals surface area contributed by atoms with Crippen LogP contribution >= 0.6 is 15.9 Å². The third-order valence-corrected chi connectivity index (χ3v) is 1.95. The van der Waals surface area contributed by atoms with Gasteiger partial charge in [0.15, 0.2) is 0 Å². The van der Waals surface area contributed by atoms with E-state index in [9.17, 15) is 4.79 Å². The third-order valence-electron chi connectivity index (χ3n) is 1.56. The maximum absolute atomic E-state index is 11.3. The van der Waals surface area contributed by atoms with Crippen molar-refractivity contribution in [2.75, 3.05) is 27.3 Å². The van der Waals surface area contributed by atoms with Crippen LogP contribution < -0.4 is 0 Å². The normalized spacial score (nSPS) is 12.7. The number of halogens is 1. The first-order valence-electron chi connectivity index (χ1n) is 3.97. The molecule has 12 heavy (non-hydrogen) atoms. The summed E-state index contributed by atoms with van der Waals surface area (Å²) in [7, 11) is 3.46. The quantitative estimate of drug-likeness (QED) is 0.533. The molecule has 0 aromatic rings. The number of hydrogen-bond donors (Lipinski definition) is 0. The van der Waals surface area contributed by atoms with Crippen molar-refractivity contribution in [1.29, 1.82) is 0 Å². The first kappa shape index (κ1) is 11.9. The Bertz CT molecular complexity index is 139. The molecule has 0 radical (unpaired) electrons. The van der Waals surface area contributed by atoms with Crippen molar-refractivity contribution in [1.82, 2.24) is 4.90 Å². The number of rotatable bonds is 5. The minimum atomic E-state index is -0.0926. The first-order chi connectivity index (χ1) is 5.59. The van der Waals surface area contributed by atoms with Gasteiger partial charge in [0.05, 0.1) is 4.83 Å². The Labute approximate surface area is 82.2 Å². The highest BCUT2D eigenvalue weighted by Crippen LogP contribution is 2.02. The highest BCUT2D eigenvalue weighted by molar-refractivity contribution is 9.10. The molecule has 0 rings (SSSR count). The van der Waals surface area contributed by atoms with E-state index in [1.54, 1.807) is 19.1 Å². The first-order valence-corrected chi connectivity index (χ1v) is 4.89. The van der Waals surface area contributed by atoms with Crippen LogP contribution in [0.25, 0.3) is 0 Å². The van der Waals surface area contributed by atoms with Crippen molar-refractivity contribution >= 4 is 21.8 Å². The second-order valence-electron chi connectivity index (χ2n) is 2.72. The van der Waals surface area contributed by atoms with E-state index in [0.717, 1.165) is 13.0 Å². The Morgan fingerprint density at radius 1 is 1.67 bits per heavy atom. The highest BCUT2D eigenvalue weighted by Gasteiger charge is 2.12. The standard InChI is InChI=1S/C8H16BrNO2/c1-7(9)8(11)10(2)5-4-6-12-3/h7H,4-6H2,1-3H3. The molecular weight excluding hydrogens is 222 g/mol. The van der Waals surface area contributed by atoms with Crippen LogP contribution in [0.15, 0.2) is 0 Å². The highest BCUT2D eigenvalue weighted by atomic mass is 79.9. The molecule has 0 aliphatic carbocycles. The van der Waals surface area contributed by atoms with Crippen LogP contribution in [-0.2, 0) is 9.53 Å². The third kappa shape index (κ3) is 4.72. The van der Waals surface area contributed by atoms with Gasteiger partial charge in [-0.2, -0.15) is 0 Å². The molecule has 72 valence electrons. The largest absolute Gasteiger partial charge is 0.385 e. The average Bonchev–Trinajstić information content (AvgIpc) is 2.03. The van der Waals surface area contributed by atoms with E-state index in [4.69, 9.17) is 4.74 Å². The van der Waals surface area contributed by atoms with Crippen LogP contribution in [0.3, 0.4) is 0 Å². The number of alkyl halides is 1. The molecular formula is C8H16BrNO2. The van der Waals surface area contributed by atoms with Gasteiger partial charge in [0, 0.05) is 27.3 Å².